The van der Waals surface area contributed by atoms with Gasteiger partial charge in [0.15, 0.2) is 5.96 Å². The number of hydrogen-bond acceptors (Lipinski definition) is 11. The monoisotopic (exact) mass is 931 g/mol. The quantitative estimate of drug-likeness (QED) is 0.0441. The van der Waals surface area contributed by atoms with Crippen molar-refractivity contribution in [2.45, 2.75) is 101 Å². The highest BCUT2D eigenvalue weighted by Crippen LogP contribution is 2.20. The third-order valence-corrected chi connectivity index (χ3v) is 10.7. The summed E-state index contributed by atoms with van der Waals surface area (Å²) in [7, 11) is 0. The van der Waals surface area contributed by atoms with Gasteiger partial charge in [-0.15, -0.1) is 0 Å². The first kappa shape index (κ1) is 52.1. The molecule has 23 nitrogen and oxygen atoms in total. The van der Waals surface area contributed by atoms with Crippen molar-refractivity contribution in [3.63, 3.8) is 0 Å². The van der Waals surface area contributed by atoms with Crippen molar-refractivity contribution in [2.24, 2.45) is 22.2 Å². The Morgan fingerprint density at radius 3 is 2.04 bits per heavy atom. The van der Waals surface area contributed by atoms with E-state index in [1.165, 1.54) is 6.92 Å². The number of benzene rings is 2. The van der Waals surface area contributed by atoms with Crippen LogP contribution in [0.1, 0.15) is 63.0 Å². The molecule has 4 rings (SSSR count). The first-order valence-electron chi connectivity index (χ1n) is 21.9. The van der Waals surface area contributed by atoms with Crippen LogP contribution in [-0.4, -0.2) is 132 Å². The highest BCUT2D eigenvalue weighted by Gasteiger charge is 2.34. The number of carbonyl (C=O) groups excluding carboxylic acids is 8. The van der Waals surface area contributed by atoms with Gasteiger partial charge in [0.05, 0.1) is 13.0 Å². The molecule has 8 amide bonds. The fraction of sp³-hybridized carbons (Fsp3) is 0.455. The van der Waals surface area contributed by atoms with Crippen LogP contribution in [0.15, 0.2) is 65.8 Å². The molecule has 6 atom stereocenters. The molecule has 362 valence electrons. The number of amides is 8. The second-order valence-corrected chi connectivity index (χ2v) is 16.0. The average molecular weight is 932 g/mol. The van der Waals surface area contributed by atoms with Crippen LogP contribution in [0, 0.1) is 0 Å². The van der Waals surface area contributed by atoms with Crippen molar-refractivity contribution in [3.05, 3.63) is 71.9 Å². The van der Waals surface area contributed by atoms with E-state index >= 15 is 0 Å². The van der Waals surface area contributed by atoms with Gasteiger partial charge in [-0.1, -0.05) is 48.5 Å². The lowest BCUT2D eigenvalue weighted by Crippen LogP contribution is -2.60. The zero-order valence-corrected chi connectivity index (χ0v) is 37.2. The average Bonchev–Trinajstić information content (AvgIpc) is 3.70. The molecule has 23 heteroatoms. The van der Waals surface area contributed by atoms with Gasteiger partial charge in [-0.2, -0.15) is 0 Å². The van der Waals surface area contributed by atoms with Crippen LogP contribution in [0.3, 0.4) is 0 Å². The van der Waals surface area contributed by atoms with Gasteiger partial charge in [0.25, 0.3) is 0 Å². The molecule has 3 aromatic rings. The lowest BCUT2D eigenvalue weighted by atomic mass is 10.0. The molecule has 0 radical (unpaired) electrons. The summed E-state index contributed by atoms with van der Waals surface area (Å²) < 4.78 is 0. The van der Waals surface area contributed by atoms with E-state index in [1.54, 1.807) is 54.7 Å². The molecule has 1 aliphatic rings. The minimum absolute atomic E-state index is 0.000739. The molecular weight excluding hydrogens is 871 g/mol. The van der Waals surface area contributed by atoms with Gasteiger partial charge in [-0.05, 0) is 62.3 Å². The van der Waals surface area contributed by atoms with E-state index in [0.29, 0.717) is 11.1 Å². The predicted molar refractivity (Wildman–Crippen MR) is 245 cm³/mol. The molecule has 0 bridgehead atoms. The zero-order chi connectivity index (χ0) is 48.9. The molecule has 1 saturated heterocycles. The number of nitrogens with two attached hydrogens (primary N) is 3. The number of guanidine groups is 1. The van der Waals surface area contributed by atoms with E-state index in [2.05, 4.69) is 52.5 Å². The van der Waals surface area contributed by atoms with Crippen molar-refractivity contribution >= 4 is 70.1 Å². The number of aromatic nitrogens is 1. The Kier molecular flexibility index (Phi) is 20.5. The number of carboxylic acid groups (broad SMARTS) is 1. The fourth-order valence-corrected chi connectivity index (χ4v) is 7.24. The minimum atomic E-state index is -1.73. The lowest BCUT2D eigenvalue weighted by Gasteiger charge is -2.27. The van der Waals surface area contributed by atoms with E-state index < -0.39 is 102 Å². The summed E-state index contributed by atoms with van der Waals surface area (Å²) in [5.41, 5.74) is 18.9. The van der Waals surface area contributed by atoms with Crippen molar-refractivity contribution in [3.8, 4) is 0 Å². The van der Waals surface area contributed by atoms with Crippen LogP contribution in [0.2, 0.25) is 0 Å². The standard InChI is InChI=1S/C44H61N13O10/c1-25(58)50-24-37(60)52-30-14-7-8-18-48-36(59)22-35(43(66)67)57-42(65)34(21-27-23-51-29-13-6-5-12-28(27)29)56-39(62)31(15-9-19-49-44(46)47)53-41(64)33(20-26-10-3-2-4-11-26)55-40(63)32(16-17-45)54-38(30)61/h2-6,10-13,23,30-35,51H,7-9,14-22,24,45H2,1H3,(H,48,59)(H,50,58)(H,52,60)(H,53,64)(H,54,61)(H,55,63)(H,56,62)(H,57,65)(H,66,67)(H4,46,47,49)/t30?,31-,32-,33?,34-,35?/m0/s1. The van der Waals surface area contributed by atoms with E-state index in [-0.39, 0.29) is 77.0 Å². The number of H-pyrrole nitrogens is 1. The first-order chi connectivity index (χ1) is 32.0. The largest absolute Gasteiger partial charge is 0.480 e. The zero-order valence-electron chi connectivity index (χ0n) is 37.2. The Balaban J connectivity index is 1.75. The SMILES string of the molecule is CC(=O)NCC(=O)NC1CCCCNC(=O)CC(C(=O)O)NC(=O)[C@H](Cc2c[nH]c3ccccc23)NC(=O)[C@H](CCCN=C(N)N)NC(=O)C(Cc2ccccc2)NC(=O)[C@H](CCN)NC1=O. The van der Waals surface area contributed by atoms with Crippen molar-refractivity contribution < 1.29 is 48.3 Å². The summed E-state index contributed by atoms with van der Waals surface area (Å²) in [6.07, 6.45) is 1.17. The number of para-hydroxylation sites is 1. The number of aliphatic carboxylic acids is 1. The molecule has 0 saturated carbocycles. The molecule has 1 aromatic heterocycles. The Morgan fingerprint density at radius 1 is 0.761 bits per heavy atom. The van der Waals surface area contributed by atoms with Crippen molar-refractivity contribution in [2.75, 3.05) is 26.2 Å². The summed E-state index contributed by atoms with van der Waals surface area (Å²) in [5, 5.41) is 31.4. The third-order valence-electron chi connectivity index (χ3n) is 10.7. The number of nitrogens with zero attached hydrogens (tertiary/aromatic N) is 1. The topological polar surface area (TPSA) is 376 Å². The highest BCUT2D eigenvalue weighted by atomic mass is 16.4. The summed E-state index contributed by atoms with van der Waals surface area (Å²) in [6.45, 7) is 0.736. The summed E-state index contributed by atoms with van der Waals surface area (Å²) >= 11 is 0. The second kappa shape index (κ2) is 26.4. The van der Waals surface area contributed by atoms with Crippen LogP contribution in [0.5, 0.6) is 0 Å². The van der Waals surface area contributed by atoms with Gasteiger partial charge < -0.3 is 69.8 Å². The van der Waals surface area contributed by atoms with E-state index in [0.717, 1.165) is 10.9 Å². The Labute approximate surface area is 386 Å². The van der Waals surface area contributed by atoms with Crippen LogP contribution in [0.4, 0.5) is 0 Å². The van der Waals surface area contributed by atoms with Crippen LogP contribution < -0.4 is 59.7 Å². The van der Waals surface area contributed by atoms with Crippen LogP contribution >= 0.6 is 0 Å². The fourth-order valence-electron chi connectivity index (χ4n) is 7.24. The van der Waals surface area contributed by atoms with Gasteiger partial charge in [-0.3, -0.25) is 43.3 Å². The molecule has 0 aliphatic carbocycles. The number of hydrogen-bond donors (Lipinski definition) is 13. The Bertz CT molecular complexity index is 2250. The molecular formula is C44H61N13O10. The third kappa shape index (κ3) is 17.4. The van der Waals surface area contributed by atoms with E-state index in [9.17, 15) is 48.3 Å². The van der Waals surface area contributed by atoms with Crippen molar-refractivity contribution in [1.29, 1.82) is 0 Å². The predicted octanol–water partition coefficient (Wildman–Crippen LogP) is -2.82. The number of carboxylic acids is 1. The number of aromatic amines is 1. The lowest BCUT2D eigenvalue weighted by molar-refractivity contribution is -0.144. The van der Waals surface area contributed by atoms with Crippen LogP contribution in [-0.2, 0) is 56.0 Å². The number of aliphatic imine (C=N–C) groups is 1. The van der Waals surface area contributed by atoms with Gasteiger partial charge in [0, 0.05) is 50.0 Å². The Morgan fingerprint density at radius 2 is 1.37 bits per heavy atom. The van der Waals surface area contributed by atoms with Gasteiger partial charge in [0.2, 0.25) is 47.3 Å². The molecule has 3 unspecified atom stereocenters. The normalized spacial score (nSPS) is 21.8. The maximum atomic E-state index is 14.4. The number of nitrogens with one attached hydrogen (secondary N) is 9. The molecule has 2 heterocycles. The number of rotatable bonds is 14. The second-order valence-electron chi connectivity index (χ2n) is 16.0. The summed E-state index contributed by atoms with van der Waals surface area (Å²) in [4.78, 5) is 128. The molecule has 0 spiro atoms. The van der Waals surface area contributed by atoms with Gasteiger partial charge >= 0.3 is 5.97 Å². The highest BCUT2D eigenvalue weighted by molar-refractivity contribution is 5.98. The Hall–Kier alpha value is -7.56. The van der Waals surface area contributed by atoms with E-state index in [4.69, 9.17) is 17.2 Å². The smallest absolute Gasteiger partial charge is 0.326 e. The summed E-state index contributed by atoms with van der Waals surface area (Å²) in [6, 6.07) is 7.36. The number of carbonyl (C=O) groups is 9. The van der Waals surface area contributed by atoms with Crippen LogP contribution in [0.25, 0.3) is 10.9 Å². The van der Waals surface area contributed by atoms with E-state index in [1.807, 2.05) is 6.07 Å². The molecule has 1 aliphatic heterocycles. The summed E-state index contributed by atoms with van der Waals surface area (Å²) in [5.74, 6) is -7.88. The number of fused-ring (bicyclic) bond motifs is 1. The maximum absolute atomic E-state index is 14.4. The van der Waals surface area contributed by atoms with Gasteiger partial charge in [0.1, 0.15) is 36.3 Å². The minimum Gasteiger partial charge on any atom is -0.480 e. The maximum Gasteiger partial charge on any atom is 0.326 e. The molecule has 2 aromatic carbocycles. The first-order valence-corrected chi connectivity index (χ1v) is 21.9. The molecule has 1 fully saturated rings. The van der Waals surface area contributed by atoms with Crippen molar-refractivity contribution in [1.82, 2.24) is 47.5 Å². The molecule has 67 heavy (non-hydrogen) atoms. The molecule has 16 N–H and O–H groups in total. The van der Waals surface area contributed by atoms with Gasteiger partial charge in [-0.25, -0.2) is 4.79 Å².